The van der Waals surface area contributed by atoms with E-state index in [2.05, 4.69) is 57.6 Å². The SMILES string of the molecule is Cc1c(CC(C)N)[nH]c(C2=CC(c3[nH]c(CC(C)N)c(C)c3C)CCC2)c1C. The molecule has 6 N–H and O–H groups in total. The smallest absolute Gasteiger partial charge is 0.0444 e. The first-order valence-electron chi connectivity index (χ1n) is 10.8. The molecule has 0 aliphatic heterocycles. The Morgan fingerprint density at radius 3 is 2.07 bits per heavy atom. The fourth-order valence-corrected chi connectivity index (χ4v) is 4.63. The second kappa shape index (κ2) is 8.30. The van der Waals surface area contributed by atoms with Crippen LogP contribution < -0.4 is 11.5 Å². The Bertz CT molecular complexity index is 864. The summed E-state index contributed by atoms with van der Waals surface area (Å²) in [7, 11) is 0. The number of hydrogen-bond donors (Lipinski definition) is 4. The number of nitrogens with one attached hydrogen (secondary N) is 2. The summed E-state index contributed by atoms with van der Waals surface area (Å²) in [5.41, 5.74) is 24.3. The zero-order valence-electron chi connectivity index (χ0n) is 18.5. The van der Waals surface area contributed by atoms with E-state index in [1.807, 2.05) is 0 Å². The molecular weight excluding hydrogens is 344 g/mol. The van der Waals surface area contributed by atoms with E-state index in [0.29, 0.717) is 5.92 Å². The lowest BCUT2D eigenvalue weighted by Crippen LogP contribution is -2.18. The Hall–Kier alpha value is -1.78. The highest BCUT2D eigenvalue weighted by Gasteiger charge is 2.24. The van der Waals surface area contributed by atoms with Crippen molar-refractivity contribution in [2.45, 2.75) is 91.6 Å². The number of allylic oxidation sites excluding steroid dienone is 2. The lowest BCUT2D eigenvalue weighted by atomic mass is 9.85. The van der Waals surface area contributed by atoms with Crippen LogP contribution in [0.5, 0.6) is 0 Å². The first-order chi connectivity index (χ1) is 13.2. The van der Waals surface area contributed by atoms with Gasteiger partial charge in [-0.25, -0.2) is 0 Å². The van der Waals surface area contributed by atoms with Crippen molar-refractivity contribution < 1.29 is 0 Å². The van der Waals surface area contributed by atoms with Gasteiger partial charge < -0.3 is 21.4 Å². The van der Waals surface area contributed by atoms with Crippen LogP contribution in [0.15, 0.2) is 6.08 Å². The predicted octanol–water partition coefficient (Wildman–Crippen LogP) is 4.71. The Morgan fingerprint density at radius 2 is 1.46 bits per heavy atom. The normalized spacial score (nSPS) is 19.6. The molecule has 0 spiro atoms. The topological polar surface area (TPSA) is 83.6 Å². The third kappa shape index (κ3) is 4.13. The van der Waals surface area contributed by atoms with Crippen LogP contribution in [-0.4, -0.2) is 22.1 Å². The number of nitrogens with two attached hydrogens (primary N) is 2. The highest BCUT2D eigenvalue weighted by molar-refractivity contribution is 5.69. The van der Waals surface area contributed by atoms with Gasteiger partial charge in [-0.15, -0.1) is 0 Å². The van der Waals surface area contributed by atoms with Crippen LogP contribution in [0.1, 0.15) is 84.1 Å². The summed E-state index contributed by atoms with van der Waals surface area (Å²) in [5.74, 6) is 0.448. The van der Waals surface area contributed by atoms with Crippen molar-refractivity contribution in [3.05, 3.63) is 51.1 Å². The molecule has 2 aromatic heterocycles. The average molecular weight is 383 g/mol. The molecule has 0 radical (unpaired) electrons. The van der Waals surface area contributed by atoms with Crippen molar-refractivity contribution >= 4 is 5.57 Å². The van der Waals surface area contributed by atoms with Gasteiger partial charge in [0.25, 0.3) is 0 Å². The summed E-state index contributed by atoms with van der Waals surface area (Å²) in [5, 5.41) is 0. The van der Waals surface area contributed by atoms with E-state index >= 15 is 0 Å². The summed E-state index contributed by atoms with van der Waals surface area (Å²) in [6.07, 6.45) is 7.86. The zero-order valence-corrected chi connectivity index (χ0v) is 18.5. The lowest BCUT2D eigenvalue weighted by molar-refractivity contribution is 0.644. The number of aromatic nitrogens is 2. The van der Waals surface area contributed by atoms with Crippen molar-refractivity contribution in [2.24, 2.45) is 11.5 Å². The largest absolute Gasteiger partial charge is 0.361 e. The summed E-state index contributed by atoms with van der Waals surface area (Å²) in [4.78, 5) is 7.43. The third-order valence-corrected chi connectivity index (χ3v) is 6.48. The first-order valence-corrected chi connectivity index (χ1v) is 10.8. The van der Waals surface area contributed by atoms with Gasteiger partial charge in [0.1, 0.15) is 0 Å². The Kier molecular flexibility index (Phi) is 6.21. The van der Waals surface area contributed by atoms with Crippen molar-refractivity contribution in [3.8, 4) is 0 Å². The van der Waals surface area contributed by atoms with Crippen LogP contribution >= 0.6 is 0 Å². The maximum Gasteiger partial charge on any atom is 0.0444 e. The van der Waals surface area contributed by atoms with Crippen LogP contribution in [0.4, 0.5) is 0 Å². The molecule has 1 aliphatic carbocycles. The van der Waals surface area contributed by atoms with Crippen LogP contribution in [0.3, 0.4) is 0 Å². The second-order valence-corrected chi connectivity index (χ2v) is 9.05. The van der Waals surface area contributed by atoms with Crippen molar-refractivity contribution in [3.63, 3.8) is 0 Å². The Labute approximate surface area is 170 Å². The van der Waals surface area contributed by atoms with Crippen LogP contribution in [0.25, 0.3) is 5.57 Å². The van der Waals surface area contributed by atoms with Gasteiger partial charge in [0.15, 0.2) is 0 Å². The summed E-state index contributed by atoms with van der Waals surface area (Å²) in [6, 6.07) is 0.348. The van der Waals surface area contributed by atoms with Gasteiger partial charge in [-0.3, -0.25) is 0 Å². The van der Waals surface area contributed by atoms with Gasteiger partial charge in [-0.05, 0) is 88.6 Å². The highest BCUT2D eigenvalue weighted by atomic mass is 14.8. The van der Waals surface area contributed by atoms with E-state index in [4.69, 9.17) is 11.5 Å². The standard InChI is InChI=1S/C24H38N4/c1-13(25)10-21-15(3)17(5)23(27-21)19-8-7-9-20(12-19)24-18(6)16(4)22(28-24)11-14(2)26/h12-14,19,27-28H,7-11,25-26H2,1-6H3. The predicted molar refractivity (Wildman–Crippen MR) is 120 cm³/mol. The van der Waals surface area contributed by atoms with E-state index in [9.17, 15) is 0 Å². The van der Waals surface area contributed by atoms with Crippen LogP contribution in [-0.2, 0) is 12.8 Å². The molecule has 154 valence electrons. The molecule has 0 bridgehead atoms. The number of rotatable bonds is 6. The maximum atomic E-state index is 6.05. The monoisotopic (exact) mass is 382 g/mol. The van der Waals surface area contributed by atoms with Crippen LogP contribution in [0, 0.1) is 27.7 Å². The van der Waals surface area contributed by atoms with E-state index in [1.165, 1.54) is 63.4 Å². The fourth-order valence-electron chi connectivity index (χ4n) is 4.63. The highest BCUT2D eigenvalue weighted by Crippen LogP contribution is 2.39. The number of hydrogen-bond acceptors (Lipinski definition) is 2. The molecule has 0 saturated carbocycles. The molecule has 3 unspecified atom stereocenters. The molecule has 1 aliphatic rings. The average Bonchev–Trinajstić information content (AvgIpc) is 3.06. The van der Waals surface area contributed by atoms with Crippen LogP contribution in [0.2, 0.25) is 0 Å². The van der Waals surface area contributed by atoms with Gasteiger partial charge in [0, 0.05) is 53.6 Å². The summed E-state index contributed by atoms with van der Waals surface area (Å²) < 4.78 is 0. The number of H-pyrrole nitrogens is 2. The van der Waals surface area contributed by atoms with Gasteiger partial charge in [-0.1, -0.05) is 6.08 Å². The van der Waals surface area contributed by atoms with Crippen molar-refractivity contribution in [1.29, 1.82) is 0 Å². The molecule has 4 heteroatoms. The van der Waals surface area contributed by atoms with Gasteiger partial charge in [-0.2, -0.15) is 0 Å². The van der Waals surface area contributed by atoms with E-state index in [0.717, 1.165) is 19.3 Å². The quantitative estimate of drug-likeness (QED) is 0.583. The Balaban J connectivity index is 1.94. The molecule has 0 aromatic carbocycles. The van der Waals surface area contributed by atoms with Crippen molar-refractivity contribution in [2.75, 3.05) is 0 Å². The lowest BCUT2D eigenvalue weighted by Gasteiger charge is -2.21. The first kappa shape index (κ1) is 20.9. The Morgan fingerprint density at radius 1 is 0.893 bits per heavy atom. The molecule has 4 nitrogen and oxygen atoms in total. The molecule has 0 saturated heterocycles. The minimum atomic E-state index is 0.172. The van der Waals surface area contributed by atoms with Crippen molar-refractivity contribution in [1.82, 2.24) is 9.97 Å². The van der Waals surface area contributed by atoms with E-state index in [-0.39, 0.29) is 12.1 Å². The van der Waals surface area contributed by atoms with Gasteiger partial charge in [0.05, 0.1) is 0 Å². The summed E-state index contributed by atoms with van der Waals surface area (Å²) in [6.45, 7) is 13.1. The molecule has 3 atom stereocenters. The maximum absolute atomic E-state index is 6.05. The molecule has 0 fully saturated rings. The minimum Gasteiger partial charge on any atom is -0.361 e. The molecular formula is C24H38N4. The second-order valence-electron chi connectivity index (χ2n) is 9.05. The van der Waals surface area contributed by atoms with Gasteiger partial charge in [0.2, 0.25) is 0 Å². The molecule has 2 heterocycles. The minimum absolute atomic E-state index is 0.172. The molecule has 2 aromatic rings. The van der Waals surface area contributed by atoms with E-state index in [1.54, 1.807) is 0 Å². The third-order valence-electron chi connectivity index (χ3n) is 6.48. The zero-order chi connectivity index (χ0) is 20.6. The van der Waals surface area contributed by atoms with E-state index < -0.39 is 0 Å². The van der Waals surface area contributed by atoms with Gasteiger partial charge >= 0.3 is 0 Å². The molecule has 28 heavy (non-hydrogen) atoms. The molecule has 0 amide bonds. The fraction of sp³-hybridized carbons (Fsp3) is 0.583. The summed E-state index contributed by atoms with van der Waals surface area (Å²) >= 11 is 0. The number of aromatic amines is 2. The molecule has 3 rings (SSSR count).